The van der Waals surface area contributed by atoms with E-state index >= 15 is 0 Å². The number of aromatic nitrogens is 2. The number of rotatable bonds is 11. The molecule has 1 fully saturated rings. The fourth-order valence-corrected chi connectivity index (χ4v) is 5.02. The van der Waals surface area contributed by atoms with Crippen molar-refractivity contribution in [3.63, 3.8) is 0 Å². The number of amides is 1. The highest BCUT2D eigenvalue weighted by atomic mass is 16.5. The minimum Gasteiger partial charge on any atom is -0.497 e. The number of nitrogens with two attached hydrogens (primary N) is 1. The van der Waals surface area contributed by atoms with Crippen LogP contribution in [0.3, 0.4) is 0 Å². The van der Waals surface area contributed by atoms with Gasteiger partial charge in [0.25, 0.3) is 5.91 Å². The number of benzene rings is 1. The van der Waals surface area contributed by atoms with Crippen LogP contribution >= 0.6 is 0 Å². The lowest BCUT2D eigenvalue weighted by Crippen LogP contribution is -2.39. The van der Waals surface area contributed by atoms with Gasteiger partial charge in [0, 0.05) is 50.5 Å². The van der Waals surface area contributed by atoms with Crippen LogP contribution < -0.4 is 10.5 Å². The summed E-state index contributed by atoms with van der Waals surface area (Å²) in [6.07, 6.45) is 5.99. The van der Waals surface area contributed by atoms with Crippen LogP contribution in [0.5, 0.6) is 5.75 Å². The average molecular weight is 520 g/mol. The van der Waals surface area contributed by atoms with Crippen molar-refractivity contribution < 1.29 is 9.53 Å². The Hall–Kier alpha value is -2.90. The highest BCUT2D eigenvalue weighted by Gasteiger charge is 2.23. The molecule has 1 amide bonds. The Morgan fingerprint density at radius 3 is 2.39 bits per heavy atom. The number of pyridine rings is 1. The third kappa shape index (κ3) is 6.94. The van der Waals surface area contributed by atoms with Crippen molar-refractivity contribution >= 4 is 11.6 Å². The molecule has 1 saturated heterocycles. The van der Waals surface area contributed by atoms with E-state index in [1.807, 2.05) is 41.4 Å². The monoisotopic (exact) mass is 519 g/mol. The van der Waals surface area contributed by atoms with Crippen molar-refractivity contribution in [2.75, 3.05) is 33.3 Å². The molecule has 4 rings (SSSR count). The predicted octanol–water partition coefficient (Wildman–Crippen LogP) is 5.47. The van der Waals surface area contributed by atoms with Crippen molar-refractivity contribution in [2.45, 2.75) is 66.0 Å². The number of piperidine rings is 1. The van der Waals surface area contributed by atoms with E-state index < -0.39 is 0 Å². The van der Waals surface area contributed by atoms with Gasteiger partial charge < -0.3 is 19.8 Å². The third-order valence-corrected chi connectivity index (χ3v) is 7.55. The van der Waals surface area contributed by atoms with Crippen LogP contribution in [0.4, 0.5) is 0 Å². The molecular formula is C31H45N5O2. The number of imidazole rings is 1. The Balaban J connectivity index is 1.72. The fourth-order valence-electron chi connectivity index (χ4n) is 5.02. The number of likely N-dealkylation sites (tertiary alicyclic amines) is 1. The zero-order valence-corrected chi connectivity index (χ0v) is 23.8. The molecule has 1 aliphatic heterocycles. The maximum absolute atomic E-state index is 13.8. The number of methoxy groups -OCH3 is 1. The molecule has 0 radical (unpaired) electrons. The van der Waals surface area contributed by atoms with E-state index in [2.05, 4.69) is 43.1 Å². The molecule has 1 aliphatic rings. The van der Waals surface area contributed by atoms with E-state index in [0.717, 1.165) is 86.8 Å². The van der Waals surface area contributed by atoms with E-state index in [9.17, 15) is 4.79 Å². The van der Waals surface area contributed by atoms with Gasteiger partial charge >= 0.3 is 0 Å². The molecule has 0 spiro atoms. The van der Waals surface area contributed by atoms with Crippen LogP contribution in [-0.2, 0) is 6.54 Å². The number of ether oxygens (including phenoxy) is 1. The van der Waals surface area contributed by atoms with Crippen LogP contribution in [-0.4, -0.2) is 64.4 Å². The van der Waals surface area contributed by atoms with Gasteiger partial charge in [0.1, 0.15) is 11.4 Å². The summed E-state index contributed by atoms with van der Waals surface area (Å²) in [6, 6.07) is 12.2. The third-order valence-electron chi connectivity index (χ3n) is 7.55. The van der Waals surface area contributed by atoms with E-state index in [1.54, 1.807) is 7.11 Å². The molecule has 1 aromatic carbocycles. The van der Waals surface area contributed by atoms with Crippen molar-refractivity contribution in [3.05, 3.63) is 53.9 Å². The maximum Gasteiger partial charge on any atom is 0.255 e. The fraction of sp³-hybridized carbons (Fsp3) is 0.548. The molecule has 7 nitrogen and oxygen atoms in total. The summed E-state index contributed by atoms with van der Waals surface area (Å²) in [4.78, 5) is 23.3. The first-order valence-electron chi connectivity index (χ1n) is 14.2. The van der Waals surface area contributed by atoms with E-state index in [-0.39, 0.29) is 11.9 Å². The summed E-state index contributed by atoms with van der Waals surface area (Å²) in [5.41, 5.74) is 10.8. The Bertz CT molecular complexity index is 1200. The largest absolute Gasteiger partial charge is 0.497 e. The van der Waals surface area contributed by atoms with Crippen molar-refractivity contribution in [3.8, 4) is 17.0 Å². The first kappa shape index (κ1) is 28.1. The lowest BCUT2D eigenvalue weighted by molar-refractivity contribution is 0.0740. The van der Waals surface area contributed by atoms with Crippen molar-refractivity contribution in [1.82, 2.24) is 19.2 Å². The number of hydrogen-bond donors (Lipinski definition) is 1. The van der Waals surface area contributed by atoms with Gasteiger partial charge in [-0.1, -0.05) is 39.8 Å². The number of fused-ring (bicyclic) bond motifs is 1. The molecule has 0 bridgehead atoms. The first-order valence-corrected chi connectivity index (χ1v) is 14.2. The SMILES string of the molecule is COc1cccc(-c2nc3ccc(C(=O)N(CCC(C)C)CCC(C)C)cn3c2CN2CCC(N)CC2)c1. The van der Waals surface area contributed by atoms with Gasteiger partial charge in [-0.3, -0.25) is 9.69 Å². The van der Waals surface area contributed by atoms with E-state index in [1.165, 1.54) is 0 Å². The molecule has 3 aromatic rings. The Labute approximate surface area is 228 Å². The average Bonchev–Trinajstić information content (AvgIpc) is 3.27. The van der Waals surface area contributed by atoms with Crippen molar-refractivity contribution in [1.29, 1.82) is 0 Å². The number of nitrogens with zero attached hydrogens (tertiary/aromatic N) is 4. The maximum atomic E-state index is 13.8. The van der Waals surface area contributed by atoms with Gasteiger partial charge in [0.05, 0.1) is 24.1 Å². The highest BCUT2D eigenvalue weighted by molar-refractivity contribution is 5.94. The van der Waals surface area contributed by atoms with Crippen LogP contribution in [0.15, 0.2) is 42.6 Å². The smallest absolute Gasteiger partial charge is 0.255 e. The summed E-state index contributed by atoms with van der Waals surface area (Å²) in [5, 5.41) is 0. The molecule has 38 heavy (non-hydrogen) atoms. The molecular weight excluding hydrogens is 474 g/mol. The number of carbonyl (C=O) groups is 1. The number of carbonyl (C=O) groups excluding carboxylic acids is 1. The lowest BCUT2D eigenvalue weighted by Gasteiger charge is -2.30. The summed E-state index contributed by atoms with van der Waals surface area (Å²) >= 11 is 0. The molecule has 2 aromatic heterocycles. The summed E-state index contributed by atoms with van der Waals surface area (Å²) in [5.74, 6) is 2.00. The minimum atomic E-state index is 0.0970. The second-order valence-electron chi connectivity index (χ2n) is 11.6. The van der Waals surface area contributed by atoms with Crippen LogP contribution in [0, 0.1) is 11.8 Å². The Kier molecular flexibility index (Phi) is 9.44. The Morgan fingerprint density at radius 2 is 1.76 bits per heavy atom. The normalized spacial score (nSPS) is 15.1. The minimum absolute atomic E-state index is 0.0970. The van der Waals surface area contributed by atoms with Gasteiger partial charge in [0.2, 0.25) is 0 Å². The molecule has 0 unspecified atom stereocenters. The zero-order valence-electron chi connectivity index (χ0n) is 23.8. The van der Waals surface area contributed by atoms with Gasteiger partial charge in [0.15, 0.2) is 0 Å². The molecule has 0 aliphatic carbocycles. The zero-order chi connectivity index (χ0) is 27.2. The van der Waals surface area contributed by atoms with E-state index in [0.29, 0.717) is 17.4 Å². The molecule has 7 heteroatoms. The van der Waals surface area contributed by atoms with E-state index in [4.69, 9.17) is 15.5 Å². The topological polar surface area (TPSA) is 76.1 Å². The molecule has 3 heterocycles. The quantitative estimate of drug-likeness (QED) is 0.364. The Morgan fingerprint density at radius 1 is 1.08 bits per heavy atom. The van der Waals surface area contributed by atoms with Gasteiger partial charge in [-0.05, 0) is 61.8 Å². The van der Waals surface area contributed by atoms with Crippen LogP contribution in [0.25, 0.3) is 16.9 Å². The lowest BCUT2D eigenvalue weighted by atomic mass is 10.0. The van der Waals surface area contributed by atoms with Gasteiger partial charge in [-0.2, -0.15) is 0 Å². The first-order chi connectivity index (χ1) is 18.2. The molecule has 2 N–H and O–H groups in total. The predicted molar refractivity (Wildman–Crippen MR) is 154 cm³/mol. The molecule has 0 atom stereocenters. The molecule has 0 saturated carbocycles. The van der Waals surface area contributed by atoms with Crippen LogP contribution in [0.1, 0.15) is 69.4 Å². The molecule has 206 valence electrons. The second kappa shape index (κ2) is 12.8. The van der Waals surface area contributed by atoms with Gasteiger partial charge in [-0.25, -0.2) is 4.98 Å². The second-order valence-corrected chi connectivity index (χ2v) is 11.6. The van der Waals surface area contributed by atoms with Gasteiger partial charge in [-0.15, -0.1) is 0 Å². The highest BCUT2D eigenvalue weighted by Crippen LogP contribution is 2.29. The standard InChI is InChI=1S/C31H45N5O2/c1-22(2)11-17-35(18-12-23(3)4)31(37)25-9-10-29-33-30(24-7-6-8-27(19-24)38-5)28(36(29)20-25)21-34-15-13-26(32)14-16-34/h6-10,19-20,22-23,26H,11-18,21,32H2,1-5H3. The summed E-state index contributed by atoms with van der Waals surface area (Å²) in [6.45, 7) is 13.1. The summed E-state index contributed by atoms with van der Waals surface area (Å²) in [7, 11) is 1.68. The number of hydrogen-bond acceptors (Lipinski definition) is 5. The van der Waals surface area contributed by atoms with Crippen molar-refractivity contribution in [2.24, 2.45) is 17.6 Å². The summed E-state index contributed by atoms with van der Waals surface area (Å²) < 4.78 is 7.62. The van der Waals surface area contributed by atoms with Crippen LogP contribution in [0.2, 0.25) is 0 Å².